The van der Waals surface area contributed by atoms with E-state index in [1.807, 2.05) is 0 Å². The van der Waals surface area contributed by atoms with Crippen molar-refractivity contribution in [1.82, 2.24) is 9.78 Å². The van der Waals surface area contributed by atoms with E-state index < -0.39 is 17.8 Å². The molecule has 0 N–H and O–H groups in total. The van der Waals surface area contributed by atoms with Crippen molar-refractivity contribution in [2.75, 3.05) is 6.61 Å². The number of hydrogen-bond acceptors (Lipinski definition) is 3. The standard InChI is InChI=1S/C11H13F3N2O2/c1-2-18-10(17)8-6-9(11(12,13)14)16(15-8)7-4-3-5-7/h6-7H,2-5H2,1H3. The predicted molar refractivity (Wildman–Crippen MR) is 56.1 cm³/mol. The van der Waals surface area contributed by atoms with Gasteiger partial charge in [-0.3, -0.25) is 4.68 Å². The molecule has 0 aliphatic heterocycles. The fraction of sp³-hybridized carbons (Fsp3) is 0.636. The molecule has 1 fully saturated rings. The third-order valence-corrected chi connectivity index (χ3v) is 2.93. The molecule has 1 aliphatic carbocycles. The van der Waals surface area contributed by atoms with E-state index in [9.17, 15) is 18.0 Å². The molecule has 0 amide bonds. The Hall–Kier alpha value is -1.53. The second-order valence-corrected chi connectivity index (χ2v) is 4.16. The van der Waals surface area contributed by atoms with Crippen LogP contribution in [-0.2, 0) is 10.9 Å². The van der Waals surface area contributed by atoms with E-state index in [-0.39, 0.29) is 18.3 Å². The molecule has 0 bridgehead atoms. The molecule has 7 heteroatoms. The SMILES string of the molecule is CCOC(=O)c1cc(C(F)(F)F)n(C2CCC2)n1. The summed E-state index contributed by atoms with van der Waals surface area (Å²) in [6, 6.07) is 0.501. The number of nitrogens with zero attached hydrogens (tertiary/aromatic N) is 2. The molecule has 0 spiro atoms. The van der Waals surface area contributed by atoms with Crippen LogP contribution in [0.15, 0.2) is 6.07 Å². The average molecular weight is 262 g/mol. The lowest BCUT2D eigenvalue weighted by molar-refractivity contribution is -0.145. The van der Waals surface area contributed by atoms with Crippen LogP contribution in [0.2, 0.25) is 0 Å². The van der Waals surface area contributed by atoms with Gasteiger partial charge in [-0.2, -0.15) is 18.3 Å². The van der Waals surface area contributed by atoms with E-state index in [0.29, 0.717) is 12.8 Å². The highest BCUT2D eigenvalue weighted by atomic mass is 19.4. The number of aromatic nitrogens is 2. The van der Waals surface area contributed by atoms with Gasteiger partial charge in [0.1, 0.15) is 5.69 Å². The van der Waals surface area contributed by atoms with Gasteiger partial charge >= 0.3 is 12.1 Å². The van der Waals surface area contributed by atoms with Crippen LogP contribution in [0.4, 0.5) is 13.2 Å². The summed E-state index contributed by atoms with van der Waals surface area (Å²) in [5, 5.41) is 3.74. The first-order chi connectivity index (χ1) is 8.43. The molecular formula is C11H13F3N2O2. The minimum Gasteiger partial charge on any atom is -0.461 e. The molecule has 1 aliphatic rings. The molecule has 0 aromatic carbocycles. The van der Waals surface area contributed by atoms with Gasteiger partial charge in [0.15, 0.2) is 5.69 Å². The van der Waals surface area contributed by atoms with Gasteiger partial charge in [-0.15, -0.1) is 0 Å². The van der Waals surface area contributed by atoms with Crippen LogP contribution >= 0.6 is 0 Å². The zero-order valence-corrected chi connectivity index (χ0v) is 9.83. The molecule has 0 saturated heterocycles. The minimum atomic E-state index is -4.51. The fourth-order valence-electron chi connectivity index (χ4n) is 1.82. The number of alkyl halides is 3. The lowest BCUT2D eigenvalue weighted by Crippen LogP contribution is -2.24. The Kier molecular flexibility index (Phi) is 3.32. The molecular weight excluding hydrogens is 249 g/mol. The van der Waals surface area contributed by atoms with Gasteiger partial charge in [-0.25, -0.2) is 4.79 Å². The summed E-state index contributed by atoms with van der Waals surface area (Å²) in [4.78, 5) is 11.4. The zero-order valence-electron chi connectivity index (χ0n) is 9.83. The normalized spacial score (nSPS) is 16.4. The van der Waals surface area contributed by atoms with Gasteiger partial charge in [0, 0.05) is 6.07 Å². The van der Waals surface area contributed by atoms with Crippen molar-refractivity contribution in [1.29, 1.82) is 0 Å². The van der Waals surface area contributed by atoms with Crippen LogP contribution in [0.5, 0.6) is 0 Å². The van der Waals surface area contributed by atoms with Crippen molar-refractivity contribution in [2.24, 2.45) is 0 Å². The number of hydrogen-bond donors (Lipinski definition) is 0. The first-order valence-corrected chi connectivity index (χ1v) is 5.77. The first kappa shape index (κ1) is 12.9. The molecule has 0 radical (unpaired) electrons. The lowest BCUT2D eigenvalue weighted by Gasteiger charge is -2.27. The van der Waals surface area contributed by atoms with Crippen LogP contribution < -0.4 is 0 Å². The molecule has 0 unspecified atom stereocenters. The van der Waals surface area contributed by atoms with E-state index in [4.69, 9.17) is 0 Å². The maximum absolute atomic E-state index is 12.8. The Labute approximate surface area is 102 Å². The van der Waals surface area contributed by atoms with Gasteiger partial charge in [0.25, 0.3) is 0 Å². The summed E-state index contributed by atoms with van der Waals surface area (Å²) in [7, 11) is 0. The van der Waals surface area contributed by atoms with Gasteiger partial charge in [0.2, 0.25) is 0 Å². The monoisotopic (exact) mass is 262 g/mol. The van der Waals surface area contributed by atoms with E-state index in [1.165, 1.54) is 0 Å². The summed E-state index contributed by atoms with van der Waals surface area (Å²) in [6.07, 6.45) is -2.30. The van der Waals surface area contributed by atoms with Gasteiger partial charge < -0.3 is 4.74 Å². The Morgan fingerprint density at radius 2 is 2.22 bits per heavy atom. The number of carbonyl (C=O) groups is 1. The van der Waals surface area contributed by atoms with Crippen molar-refractivity contribution in [2.45, 2.75) is 38.4 Å². The first-order valence-electron chi connectivity index (χ1n) is 5.77. The third-order valence-electron chi connectivity index (χ3n) is 2.93. The Morgan fingerprint density at radius 3 is 2.67 bits per heavy atom. The molecule has 0 atom stereocenters. The number of esters is 1. The van der Waals surface area contributed by atoms with E-state index in [2.05, 4.69) is 9.84 Å². The second-order valence-electron chi connectivity index (χ2n) is 4.16. The summed E-state index contributed by atoms with van der Waals surface area (Å²) >= 11 is 0. The maximum Gasteiger partial charge on any atom is 0.433 e. The zero-order chi connectivity index (χ0) is 13.3. The fourth-order valence-corrected chi connectivity index (χ4v) is 1.82. The summed E-state index contributed by atoms with van der Waals surface area (Å²) in [6.45, 7) is 1.70. The molecule has 4 nitrogen and oxygen atoms in total. The van der Waals surface area contributed by atoms with E-state index in [0.717, 1.165) is 17.2 Å². The van der Waals surface area contributed by atoms with Crippen molar-refractivity contribution >= 4 is 5.97 Å². The highest BCUT2D eigenvalue weighted by Gasteiger charge is 2.39. The smallest absolute Gasteiger partial charge is 0.433 e. The summed E-state index contributed by atoms with van der Waals surface area (Å²) in [5.41, 5.74) is -1.16. The molecule has 1 aromatic heterocycles. The predicted octanol–water partition coefficient (Wildman–Crippen LogP) is 2.80. The largest absolute Gasteiger partial charge is 0.461 e. The van der Waals surface area contributed by atoms with Crippen molar-refractivity contribution in [3.8, 4) is 0 Å². The Balaban J connectivity index is 2.34. The van der Waals surface area contributed by atoms with E-state index >= 15 is 0 Å². The number of halogens is 3. The number of ether oxygens (including phenoxy) is 1. The van der Waals surface area contributed by atoms with Crippen molar-refractivity contribution in [3.63, 3.8) is 0 Å². The molecule has 100 valence electrons. The highest BCUT2D eigenvalue weighted by molar-refractivity contribution is 5.87. The summed E-state index contributed by atoms with van der Waals surface area (Å²) < 4.78 is 44.0. The molecule has 1 saturated carbocycles. The van der Waals surface area contributed by atoms with Crippen molar-refractivity contribution < 1.29 is 22.7 Å². The highest BCUT2D eigenvalue weighted by Crippen LogP contribution is 2.37. The van der Waals surface area contributed by atoms with Gasteiger partial charge in [-0.1, -0.05) is 0 Å². The van der Waals surface area contributed by atoms with Gasteiger partial charge in [-0.05, 0) is 26.2 Å². The van der Waals surface area contributed by atoms with Crippen LogP contribution in [0.3, 0.4) is 0 Å². The maximum atomic E-state index is 12.8. The Bertz CT molecular complexity index is 450. The van der Waals surface area contributed by atoms with Crippen molar-refractivity contribution in [3.05, 3.63) is 17.5 Å². The van der Waals surface area contributed by atoms with Crippen LogP contribution in [-0.4, -0.2) is 22.4 Å². The number of rotatable bonds is 3. The lowest BCUT2D eigenvalue weighted by atomic mass is 9.93. The van der Waals surface area contributed by atoms with E-state index in [1.54, 1.807) is 6.92 Å². The van der Waals surface area contributed by atoms with Gasteiger partial charge in [0.05, 0.1) is 12.6 Å². The Morgan fingerprint density at radius 1 is 1.56 bits per heavy atom. The minimum absolute atomic E-state index is 0.108. The van der Waals surface area contributed by atoms with Crippen LogP contribution in [0.25, 0.3) is 0 Å². The van der Waals surface area contributed by atoms with Crippen LogP contribution in [0.1, 0.15) is 48.4 Å². The quantitative estimate of drug-likeness (QED) is 0.787. The molecule has 1 heterocycles. The molecule has 2 rings (SSSR count). The topological polar surface area (TPSA) is 44.1 Å². The third kappa shape index (κ3) is 2.34. The molecule has 18 heavy (non-hydrogen) atoms. The average Bonchev–Trinajstić information content (AvgIpc) is 2.59. The van der Waals surface area contributed by atoms with Crippen LogP contribution in [0, 0.1) is 0 Å². The molecule has 1 aromatic rings. The number of carbonyl (C=O) groups excluding carboxylic acids is 1. The summed E-state index contributed by atoms with van der Waals surface area (Å²) in [5.74, 6) is -0.818. The second kappa shape index (κ2) is 4.62.